The molecule has 0 aliphatic rings. The van der Waals surface area contributed by atoms with Crippen LogP contribution in [0.15, 0.2) is 237 Å². The lowest BCUT2D eigenvalue weighted by Crippen LogP contribution is -2.05. The maximum atomic E-state index is 11.4. The monoisotopic (exact) mass is 1210 g/mol. The number of hydrogen-bond donors (Lipinski definition) is 3. The van der Waals surface area contributed by atoms with Gasteiger partial charge in [-0.1, -0.05) is 121 Å². The van der Waals surface area contributed by atoms with E-state index in [0.717, 1.165) is 66.5 Å². The Kier molecular flexibility index (Phi) is 20.7. The fourth-order valence-corrected chi connectivity index (χ4v) is 9.64. The lowest BCUT2D eigenvalue weighted by atomic mass is 10.1. The molecule has 16 heteroatoms. The number of para-hydroxylation sites is 4. The molecular formula is C75H63N3O13. The average Bonchev–Trinajstić information content (AvgIpc) is 1.96. The number of benzene rings is 9. The Hall–Kier alpha value is -11.8. The van der Waals surface area contributed by atoms with E-state index in [1.54, 1.807) is 55.5 Å². The maximum absolute atomic E-state index is 11.4. The molecule has 0 saturated heterocycles. The van der Waals surface area contributed by atoms with E-state index in [4.69, 9.17) is 43.4 Å². The number of hydrogen-bond acceptors (Lipinski definition) is 13. The molecule has 9 aromatic carbocycles. The van der Waals surface area contributed by atoms with Crippen LogP contribution < -0.4 is 33.2 Å². The second-order valence-electron chi connectivity index (χ2n) is 20.8. The number of aryl methyl sites for hydroxylation is 2. The molecule has 0 unspecified atom stereocenters. The number of ether oxygens (including phenoxy) is 7. The highest BCUT2D eigenvalue weighted by atomic mass is 16.5. The van der Waals surface area contributed by atoms with Crippen molar-refractivity contribution in [3.63, 3.8) is 0 Å². The zero-order chi connectivity index (χ0) is 63.5. The summed E-state index contributed by atoms with van der Waals surface area (Å²) in [4.78, 5) is 47.4. The lowest BCUT2D eigenvalue weighted by molar-refractivity contribution is 0.0683. The quantitative estimate of drug-likeness (QED) is 0.0575. The summed E-state index contributed by atoms with van der Waals surface area (Å²) in [5.74, 6) is 1.40. The smallest absolute Gasteiger partial charge is 0.339 e. The van der Waals surface area contributed by atoms with Gasteiger partial charge in [-0.25, -0.2) is 29.3 Å². The van der Waals surface area contributed by atoms with Gasteiger partial charge in [0.15, 0.2) is 0 Å². The third-order valence-corrected chi connectivity index (χ3v) is 14.4. The van der Waals surface area contributed by atoms with Crippen LogP contribution in [0.2, 0.25) is 0 Å². The molecule has 0 saturated carbocycles. The SMILES string of the molecule is COc1c(COc2cccc(OCc3ccc4ccccc4n3)c2)cccc1C(=O)O.Cc1cc(C(=O)O)ccc1COc1cccc(OCc2ccc3ccccc3n2)c1.Cc1cc(COc2cccc(OCc3ccc4ccccc4n3)c2)ccc1C(=O)O. The van der Waals surface area contributed by atoms with Crippen LogP contribution in [0.3, 0.4) is 0 Å². The molecule has 0 aliphatic heterocycles. The van der Waals surface area contributed by atoms with Crippen LogP contribution in [0.4, 0.5) is 0 Å². The zero-order valence-corrected chi connectivity index (χ0v) is 50.0. The van der Waals surface area contributed by atoms with E-state index in [1.165, 1.54) is 13.2 Å². The van der Waals surface area contributed by atoms with Gasteiger partial charge in [-0.15, -0.1) is 0 Å². The molecule has 0 atom stereocenters. The molecule has 91 heavy (non-hydrogen) atoms. The molecule has 0 fully saturated rings. The normalized spacial score (nSPS) is 10.7. The van der Waals surface area contributed by atoms with E-state index in [2.05, 4.69) is 15.0 Å². The Bertz CT molecular complexity index is 4530. The number of carboxylic acid groups (broad SMARTS) is 3. The molecule has 0 spiro atoms. The third-order valence-electron chi connectivity index (χ3n) is 14.4. The summed E-state index contributed by atoms with van der Waals surface area (Å²) in [7, 11) is 1.45. The summed E-state index contributed by atoms with van der Waals surface area (Å²) in [5, 5.41) is 30.8. The van der Waals surface area contributed by atoms with Gasteiger partial charge in [-0.3, -0.25) is 0 Å². The van der Waals surface area contributed by atoms with Crippen molar-refractivity contribution in [1.82, 2.24) is 15.0 Å². The topological polar surface area (TPSA) is 215 Å². The summed E-state index contributed by atoms with van der Waals surface area (Å²) in [6.45, 7) is 5.58. The van der Waals surface area contributed by atoms with E-state index in [1.807, 2.05) is 189 Å². The fraction of sp³-hybridized carbons (Fsp3) is 0.120. The first kappa shape index (κ1) is 62.3. The molecule has 3 heterocycles. The second kappa shape index (κ2) is 30.2. The summed E-state index contributed by atoms with van der Waals surface area (Å²) in [6, 6.07) is 73.2. The lowest BCUT2D eigenvalue weighted by Gasteiger charge is -2.13. The first-order chi connectivity index (χ1) is 44.3. The van der Waals surface area contributed by atoms with Crippen LogP contribution in [-0.2, 0) is 39.6 Å². The number of pyridine rings is 3. The van der Waals surface area contributed by atoms with E-state index < -0.39 is 17.9 Å². The van der Waals surface area contributed by atoms with Crippen LogP contribution in [0.25, 0.3) is 32.7 Å². The van der Waals surface area contributed by atoms with Gasteiger partial charge in [0.2, 0.25) is 0 Å². The van der Waals surface area contributed by atoms with Crippen molar-refractivity contribution >= 4 is 50.6 Å². The first-order valence-electron chi connectivity index (χ1n) is 29.0. The highest BCUT2D eigenvalue weighted by Crippen LogP contribution is 2.29. The maximum Gasteiger partial charge on any atom is 0.339 e. The van der Waals surface area contributed by atoms with E-state index >= 15 is 0 Å². The van der Waals surface area contributed by atoms with Gasteiger partial charge in [0, 0.05) is 39.9 Å². The Morgan fingerprint density at radius 2 is 0.747 bits per heavy atom. The van der Waals surface area contributed by atoms with Crippen LogP contribution in [0.1, 0.15) is 76.0 Å². The van der Waals surface area contributed by atoms with Crippen LogP contribution in [0.5, 0.6) is 40.2 Å². The second-order valence-corrected chi connectivity index (χ2v) is 20.8. The Morgan fingerprint density at radius 3 is 1.15 bits per heavy atom. The minimum absolute atomic E-state index is 0.101. The molecule has 0 aliphatic carbocycles. The Labute approximate surface area is 525 Å². The largest absolute Gasteiger partial charge is 0.495 e. The molecule has 3 N–H and O–H groups in total. The van der Waals surface area contributed by atoms with E-state index in [9.17, 15) is 19.5 Å². The van der Waals surface area contributed by atoms with Gasteiger partial charge in [-0.05, 0) is 133 Å². The molecule has 0 bridgehead atoms. The number of methoxy groups -OCH3 is 1. The number of fused-ring (bicyclic) bond motifs is 3. The van der Waals surface area contributed by atoms with Crippen molar-refractivity contribution in [1.29, 1.82) is 0 Å². The standard InChI is InChI=1S/C25H21NO5.2C25H21NO4/c1-29-24-18(7-4-10-22(24)25(27)28)15-30-20-8-5-9-21(14-20)31-16-19-13-12-17-6-2-3-11-23(17)26-19;1-17-13-18(9-12-23(17)25(27)28)15-29-21-6-4-7-22(14-21)30-16-20-11-10-19-5-2-3-8-24(19)26-20;1-17-13-19(25(27)28)9-10-20(17)15-29-22-6-4-7-23(14-22)30-16-21-12-11-18-5-2-3-8-24(18)26-21/h2-14H,15-16H2,1H3,(H,27,28);2*2-14H,15-16H2,1H3,(H,27,28). The number of nitrogens with zero attached hydrogens (tertiary/aromatic N) is 3. The predicted octanol–water partition coefficient (Wildman–Crippen LogP) is 15.9. The number of aromatic nitrogens is 3. The predicted molar refractivity (Wildman–Crippen MR) is 347 cm³/mol. The van der Waals surface area contributed by atoms with Gasteiger partial charge in [-0.2, -0.15) is 0 Å². The molecule has 12 aromatic rings. The van der Waals surface area contributed by atoms with E-state index in [0.29, 0.717) is 90.0 Å². The average molecular weight is 1210 g/mol. The highest BCUT2D eigenvalue weighted by molar-refractivity contribution is 5.91. The molecule has 16 nitrogen and oxygen atoms in total. The van der Waals surface area contributed by atoms with Crippen molar-refractivity contribution in [2.45, 2.75) is 53.5 Å². The number of carboxylic acids is 3. The highest BCUT2D eigenvalue weighted by Gasteiger charge is 2.16. The van der Waals surface area contributed by atoms with Gasteiger partial charge in [0.1, 0.15) is 85.5 Å². The molecule has 0 radical (unpaired) electrons. The fourth-order valence-electron chi connectivity index (χ4n) is 9.64. The summed E-state index contributed by atoms with van der Waals surface area (Å²) < 4.78 is 40.5. The van der Waals surface area contributed by atoms with Gasteiger partial charge in [0.25, 0.3) is 0 Å². The molecule has 456 valence electrons. The van der Waals surface area contributed by atoms with E-state index in [-0.39, 0.29) is 17.7 Å². The number of aromatic carboxylic acids is 3. The summed E-state index contributed by atoms with van der Waals surface area (Å²) in [6.07, 6.45) is 0. The number of carbonyl (C=O) groups is 3. The molecular weight excluding hydrogens is 1150 g/mol. The zero-order valence-electron chi connectivity index (χ0n) is 50.0. The van der Waals surface area contributed by atoms with Crippen LogP contribution in [0, 0.1) is 13.8 Å². The van der Waals surface area contributed by atoms with Crippen molar-refractivity contribution < 1.29 is 62.9 Å². The summed E-state index contributed by atoms with van der Waals surface area (Å²) >= 11 is 0. The third kappa shape index (κ3) is 17.3. The molecule has 12 rings (SSSR count). The van der Waals surface area contributed by atoms with Crippen LogP contribution >= 0.6 is 0 Å². The van der Waals surface area contributed by atoms with Gasteiger partial charge < -0.3 is 48.5 Å². The van der Waals surface area contributed by atoms with Gasteiger partial charge in [0.05, 0.1) is 51.9 Å². The minimum Gasteiger partial charge on any atom is -0.495 e. The Morgan fingerprint density at radius 1 is 0.341 bits per heavy atom. The van der Waals surface area contributed by atoms with Gasteiger partial charge >= 0.3 is 17.9 Å². The van der Waals surface area contributed by atoms with Crippen molar-refractivity contribution in [3.8, 4) is 40.2 Å². The molecule has 0 amide bonds. The van der Waals surface area contributed by atoms with Crippen molar-refractivity contribution in [3.05, 3.63) is 298 Å². The van der Waals surface area contributed by atoms with Crippen molar-refractivity contribution in [2.75, 3.05) is 7.11 Å². The first-order valence-corrected chi connectivity index (χ1v) is 29.0. The minimum atomic E-state index is -1.05. The van der Waals surface area contributed by atoms with Crippen LogP contribution in [-0.4, -0.2) is 55.3 Å². The Balaban J connectivity index is 0.000000150. The number of rotatable bonds is 22. The summed E-state index contributed by atoms with van der Waals surface area (Å²) in [5.41, 5.74) is 10.1. The van der Waals surface area contributed by atoms with Crippen molar-refractivity contribution in [2.24, 2.45) is 0 Å². The molecule has 3 aromatic heterocycles.